The van der Waals surface area contributed by atoms with E-state index in [4.69, 9.17) is 5.73 Å². The van der Waals surface area contributed by atoms with E-state index in [1.807, 2.05) is 12.3 Å². The molecule has 0 radical (unpaired) electrons. The Bertz CT molecular complexity index is 296. The number of hydrogen-bond donors (Lipinski definition) is 1. The van der Waals surface area contributed by atoms with Gasteiger partial charge in [0.15, 0.2) is 0 Å². The van der Waals surface area contributed by atoms with E-state index < -0.39 is 0 Å². The van der Waals surface area contributed by atoms with Crippen molar-refractivity contribution >= 4 is 17.3 Å². The lowest BCUT2D eigenvalue weighted by atomic mass is 10.3. The van der Waals surface area contributed by atoms with Crippen molar-refractivity contribution in [2.75, 3.05) is 7.11 Å². The molecule has 4 nitrogen and oxygen atoms in total. The van der Waals surface area contributed by atoms with E-state index in [1.165, 1.54) is 18.4 Å². The van der Waals surface area contributed by atoms with Gasteiger partial charge in [0.25, 0.3) is 0 Å². The van der Waals surface area contributed by atoms with Gasteiger partial charge in [-0.25, -0.2) is 4.98 Å². The molecule has 0 bridgehead atoms. The fourth-order valence-electron chi connectivity index (χ4n) is 0.811. The molecule has 1 rings (SSSR count). The number of ether oxygens (including phenoxy) is 1. The van der Waals surface area contributed by atoms with Gasteiger partial charge in [0.2, 0.25) is 0 Å². The second-order valence-electron chi connectivity index (χ2n) is 2.71. The maximum Gasteiger partial charge on any atom is 0.312 e. The minimum atomic E-state index is -0.273. The smallest absolute Gasteiger partial charge is 0.312 e. The van der Waals surface area contributed by atoms with Crippen molar-refractivity contribution in [3.05, 3.63) is 16.1 Å². The molecule has 0 spiro atoms. The summed E-state index contributed by atoms with van der Waals surface area (Å²) in [5.74, 6) is -0.273. The molecule has 0 aliphatic rings. The van der Waals surface area contributed by atoms with Gasteiger partial charge in [-0.3, -0.25) is 4.79 Å². The fraction of sp³-hybridized carbons (Fsp3) is 0.500. The molecule has 5 heteroatoms. The van der Waals surface area contributed by atoms with Gasteiger partial charge in [-0.1, -0.05) is 0 Å². The van der Waals surface area contributed by atoms with Crippen LogP contribution in [0.15, 0.2) is 5.38 Å². The first kappa shape index (κ1) is 10.1. The molecule has 0 fully saturated rings. The summed E-state index contributed by atoms with van der Waals surface area (Å²) >= 11 is 1.43. The summed E-state index contributed by atoms with van der Waals surface area (Å²) in [7, 11) is 1.36. The largest absolute Gasteiger partial charge is 0.469 e. The van der Waals surface area contributed by atoms with Crippen molar-refractivity contribution in [2.45, 2.75) is 19.4 Å². The fourth-order valence-corrected chi connectivity index (χ4v) is 1.69. The number of hydrogen-bond acceptors (Lipinski definition) is 5. The normalized spacial score (nSPS) is 12.5. The predicted molar refractivity (Wildman–Crippen MR) is 50.4 cm³/mol. The Balaban J connectivity index is 2.64. The first-order chi connectivity index (χ1) is 6.13. The number of nitrogens with zero attached hydrogens (tertiary/aromatic N) is 1. The summed E-state index contributed by atoms with van der Waals surface area (Å²) in [5, 5.41) is 2.61. The van der Waals surface area contributed by atoms with Crippen molar-refractivity contribution in [2.24, 2.45) is 5.73 Å². The summed E-state index contributed by atoms with van der Waals surface area (Å²) in [5.41, 5.74) is 6.44. The second kappa shape index (κ2) is 4.34. The van der Waals surface area contributed by atoms with Gasteiger partial charge in [0.05, 0.1) is 19.2 Å². The summed E-state index contributed by atoms with van der Waals surface area (Å²) in [6.07, 6.45) is 0.230. The highest BCUT2D eigenvalue weighted by Crippen LogP contribution is 2.15. The maximum absolute atomic E-state index is 10.9. The molecule has 0 aromatic carbocycles. The second-order valence-corrected chi connectivity index (χ2v) is 3.65. The molecular weight excluding hydrogens is 188 g/mol. The number of carbonyl (C=O) groups excluding carboxylic acids is 1. The Morgan fingerprint density at radius 3 is 3.00 bits per heavy atom. The Morgan fingerprint density at radius 1 is 1.85 bits per heavy atom. The van der Waals surface area contributed by atoms with Crippen molar-refractivity contribution in [1.82, 2.24) is 4.98 Å². The summed E-state index contributed by atoms with van der Waals surface area (Å²) in [6.45, 7) is 1.86. The lowest BCUT2D eigenvalue weighted by molar-refractivity contribution is -0.139. The van der Waals surface area contributed by atoms with Crippen LogP contribution in [0.25, 0.3) is 0 Å². The zero-order valence-corrected chi connectivity index (χ0v) is 8.43. The average molecular weight is 200 g/mol. The Morgan fingerprint density at radius 2 is 2.54 bits per heavy atom. The summed E-state index contributed by atoms with van der Waals surface area (Å²) < 4.78 is 4.52. The SMILES string of the molecule is COC(=O)Cc1nc(C(C)N)cs1. The highest BCUT2D eigenvalue weighted by Gasteiger charge is 2.09. The molecule has 0 amide bonds. The van der Waals surface area contributed by atoms with Crippen molar-refractivity contribution in [3.63, 3.8) is 0 Å². The van der Waals surface area contributed by atoms with E-state index in [2.05, 4.69) is 9.72 Å². The van der Waals surface area contributed by atoms with Crippen LogP contribution in [-0.4, -0.2) is 18.1 Å². The van der Waals surface area contributed by atoms with Gasteiger partial charge in [-0.05, 0) is 6.92 Å². The van der Waals surface area contributed by atoms with Crippen LogP contribution in [-0.2, 0) is 16.0 Å². The number of methoxy groups -OCH3 is 1. The van der Waals surface area contributed by atoms with Crippen molar-refractivity contribution in [1.29, 1.82) is 0 Å². The third-order valence-corrected chi connectivity index (χ3v) is 2.43. The van der Waals surface area contributed by atoms with Gasteiger partial charge in [0.1, 0.15) is 5.01 Å². The van der Waals surface area contributed by atoms with Crippen molar-refractivity contribution < 1.29 is 9.53 Å². The molecule has 1 heterocycles. The van der Waals surface area contributed by atoms with Crippen molar-refractivity contribution in [3.8, 4) is 0 Å². The molecule has 72 valence electrons. The lowest BCUT2D eigenvalue weighted by Crippen LogP contribution is -2.07. The lowest BCUT2D eigenvalue weighted by Gasteiger charge is -1.97. The standard InChI is InChI=1S/C8H12N2O2S/c1-5(9)6-4-13-7(10-6)3-8(11)12-2/h4-5H,3,9H2,1-2H3. The number of esters is 1. The minimum Gasteiger partial charge on any atom is -0.469 e. The van der Waals surface area contributed by atoms with Crippen LogP contribution in [0.3, 0.4) is 0 Å². The quantitative estimate of drug-likeness (QED) is 0.735. The molecular formula is C8H12N2O2S. The Hall–Kier alpha value is -0.940. The van der Waals surface area contributed by atoms with Gasteiger partial charge in [0, 0.05) is 11.4 Å². The number of thiazole rings is 1. The highest BCUT2D eigenvalue weighted by atomic mass is 32.1. The van der Waals surface area contributed by atoms with Crippen LogP contribution in [0.4, 0.5) is 0 Å². The van der Waals surface area contributed by atoms with Gasteiger partial charge in [-0.2, -0.15) is 0 Å². The van der Waals surface area contributed by atoms with Crippen LogP contribution in [0, 0.1) is 0 Å². The van der Waals surface area contributed by atoms with Crippen LogP contribution < -0.4 is 5.73 Å². The van der Waals surface area contributed by atoms with Crippen LogP contribution in [0.2, 0.25) is 0 Å². The number of aromatic nitrogens is 1. The Labute approximate surface area is 80.7 Å². The van der Waals surface area contributed by atoms with E-state index in [9.17, 15) is 4.79 Å². The van der Waals surface area contributed by atoms with Crippen LogP contribution >= 0.6 is 11.3 Å². The van der Waals surface area contributed by atoms with Gasteiger partial charge < -0.3 is 10.5 Å². The highest BCUT2D eigenvalue weighted by molar-refractivity contribution is 7.09. The molecule has 0 aliphatic heterocycles. The van der Waals surface area contributed by atoms with Gasteiger partial charge in [-0.15, -0.1) is 11.3 Å². The van der Waals surface area contributed by atoms with E-state index in [-0.39, 0.29) is 18.4 Å². The minimum absolute atomic E-state index is 0.0809. The molecule has 1 atom stereocenters. The van der Waals surface area contributed by atoms with Gasteiger partial charge >= 0.3 is 5.97 Å². The number of carbonyl (C=O) groups is 1. The molecule has 13 heavy (non-hydrogen) atoms. The average Bonchev–Trinajstić information content (AvgIpc) is 2.52. The first-order valence-corrected chi connectivity index (χ1v) is 4.78. The molecule has 1 unspecified atom stereocenters. The third-order valence-electron chi connectivity index (χ3n) is 1.56. The van der Waals surface area contributed by atoms with E-state index in [0.717, 1.165) is 10.7 Å². The molecule has 2 N–H and O–H groups in total. The maximum atomic E-state index is 10.9. The molecule has 1 aromatic heterocycles. The topological polar surface area (TPSA) is 65.2 Å². The summed E-state index contributed by atoms with van der Waals surface area (Å²) in [6, 6.07) is -0.0809. The first-order valence-electron chi connectivity index (χ1n) is 3.90. The summed E-state index contributed by atoms with van der Waals surface area (Å²) in [4.78, 5) is 15.1. The number of rotatable bonds is 3. The molecule has 0 saturated heterocycles. The van der Waals surface area contributed by atoms with E-state index in [0.29, 0.717) is 0 Å². The zero-order chi connectivity index (χ0) is 9.84. The Kier molecular flexibility index (Phi) is 3.39. The van der Waals surface area contributed by atoms with E-state index in [1.54, 1.807) is 0 Å². The van der Waals surface area contributed by atoms with Crippen LogP contribution in [0.1, 0.15) is 23.7 Å². The van der Waals surface area contributed by atoms with Crippen LogP contribution in [0.5, 0.6) is 0 Å². The monoisotopic (exact) mass is 200 g/mol. The zero-order valence-electron chi connectivity index (χ0n) is 7.61. The predicted octanol–water partition coefficient (Wildman–Crippen LogP) is 0.878. The third kappa shape index (κ3) is 2.78. The molecule has 0 aliphatic carbocycles. The molecule has 1 aromatic rings. The number of nitrogens with two attached hydrogens (primary N) is 1. The molecule has 0 saturated carbocycles. The van der Waals surface area contributed by atoms with E-state index >= 15 is 0 Å².